The number of nitrogens with zero attached hydrogens (tertiary/aromatic N) is 3. The third-order valence-corrected chi connectivity index (χ3v) is 4.13. The van der Waals surface area contributed by atoms with E-state index in [1.54, 1.807) is 10.7 Å². The Morgan fingerprint density at radius 3 is 3.28 bits per heavy atom. The Kier molecular flexibility index (Phi) is 2.11. The zero-order chi connectivity index (χ0) is 12.0. The minimum atomic E-state index is 0.369. The molecule has 2 bridgehead atoms. The molecule has 2 saturated heterocycles. The van der Waals surface area contributed by atoms with Gasteiger partial charge in [0.05, 0.1) is 24.4 Å². The zero-order valence-electron chi connectivity index (χ0n) is 10.1. The quantitative estimate of drug-likeness (QED) is 0.825. The first kappa shape index (κ1) is 10.3. The van der Waals surface area contributed by atoms with Crippen molar-refractivity contribution < 1.29 is 9.47 Å². The molecule has 5 nitrogen and oxygen atoms in total. The molecule has 18 heavy (non-hydrogen) atoms. The standard InChI is InChI=1S/C13H15N3O2/c1-3-16-10(8-14-15-16)5-11(1)18-9-13-2-4-17-12(6-13)7-13/h1,3,5,8,12H,2,4,6-7,9H2. The van der Waals surface area contributed by atoms with Crippen molar-refractivity contribution in [2.75, 3.05) is 13.2 Å². The van der Waals surface area contributed by atoms with E-state index in [0.717, 1.165) is 43.7 Å². The van der Waals surface area contributed by atoms with Crippen LogP contribution in [0.3, 0.4) is 0 Å². The SMILES string of the molecule is c1cn2nncc2cc1OCC12CCOC(C1)C2. The van der Waals surface area contributed by atoms with Crippen molar-refractivity contribution in [3.63, 3.8) is 0 Å². The molecule has 5 heteroatoms. The van der Waals surface area contributed by atoms with E-state index in [-0.39, 0.29) is 0 Å². The minimum Gasteiger partial charge on any atom is -0.493 e. The Morgan fingerprint density at radius 1 is 1.50 bits per heavy atom. The van der Waals surface area contributed by atoms with Gasteiger partial charge in [0.15, 0.2) is 0 Å². The fourth-order valence-corrected chi connectivity index (χ4v) is 3.00. The molecule has 3 aliphatic rings. The second-order valence-electron chi connectivity index (χ2n) is 5.41. The van der Waals surface area contributed by atoms with Gasteiger partial charge >= 0.3 is 0 Å². The fourth-order valence-electron chi connectivity index (χ4n) is 3.00. The third-order valence-electron chi connectivity index (χ3n) is 4.13. The average Bonchev–Trinajstić information content (AvgIpc) is 2.83. The van der Waals surface area contributed by atoms with Crippen molar-refractivity contribution in [2.24, 2.45) is 5.41 Å². The second kappa shape index (κ2) is 3.68. The fraction of sp³-hybridized carbons (Fsp3) is 0.538. The maximum absolute atomic E-state index is 5.94. The van der Waals surface area contributed by atoms with Gasteiger partial charge in [-0.15, -0.1) is 5.10 Å². The molecule has 0 N–H and O–H groups in total. The second-order valence-corrected chi connectivity index (χ2v) is 5.41. The van der Waals surface area contributed by atoms with Gasteiger partial charge in [-0.25, -0.2) is 4.52 Å². The molecular weight excluding hydrogens is 230 g/mol. The number of hydrogen-bond donors (Lipinski definition) is 0. The van der Waals surface area contributed by atoms with Crippen LogP contribution in [0.4, 0.5) is 0 Å². The van der Waals surface area contributed by atoms with E-state index in [1.165, 1.54) is 0 Å². The molecule has 0 aromatic carbocycles. The van der Waals surface area contributed by atoms with Gasteiger partial charge in [0.2, 0.25) is 0 Å². The predicted molar refractivity (Wildman–Crippen MR) is 64.5 cm³/mol. The van der Waals surface area contributed by atoms with Gasteiger partial charge in [-0.05, 0) is 25.3 Å². The molecule has 0 atom stereocenters. The molecule has 0 amide bonds. The Hall–Kier alpha value is -1.62. The summed E-state index contributed by atoms with van der Waals surface area (Å²) in [5, 5.41) is 7.78. The summed E-state index contributed by atoms with van der Waals surface area (Å²) >= 11 is 0. The summed E-state index contributed by atoms with van der Waals surface area (Å²) in [4.78, 5) is 0. The van der Waals surface area contributed by atoms with Gasteiger partial charge in [-0.3, -0.25) is 0 Å². The molecule has 1 aliphatic carbocycles. The largest absolute Gasteiger partial charge is 0.493 e. The van der Waals surface area contributed by atoms with Crippen LogP contribution in [0.2, 0.25) is 0 Å². The highest BCUT2D eigenvalue weighted by Gasteiger charge is 2.48. The van der Waals surface area contributed by atoms with E-state index >= 15 is 0 Å². The topological polar surface area (TPSA) is 48.7 Å². The van der Waals surface area contributed by atoms with Gasteiger partial charge in [0, 0.05) is 24.3 Å². The molecule has 94 valence electrons. The van der Waals surface area contributed by atoms with E-state index in [4.69, 9.17) is 9.47 Å². The van der Waals surface area contributed by atoms with Crippen LogP contribution in [-0.2, 0) is 4.74 Å². The molecular formula is C13H15N3O2. The van der Waals surface area contributed by atoms with Crippen molar-refractivity contribution in [2.45, 2.75) is 25.4 Å². The highest BCUT2D eigenvalue weighted by atomic mass is 16.5. The summed E-state index contributed by atoms with van der Waals surface area (Å²) in [6.45, 7) is 1.68. The van der Waals surface area contributed by atoms with E-state index in [2.05, 4.69) is 10.3 Å². The lowest BCUT2D eigenvalue weighted by molar-refractivity contribution is -0.160. The number of fused-ring (bicyclic) bond motifs is 3. The molecule has 0 radical (unpaired) electrons. The molecule has 2 aliphatic heterocycles. The van der Waals surface area contributed by atoms with Crippen molar-refractivity contribution in [1.82, 2.24) is 14.8 Å². The Balaban J connectivity index is 1.48. The van der Waals surface area contributed by atoms with Crippen LogP contribution in [0.15, 0.2) is 24.5 Å². The number of hydrogen-bond acceptors (Lipinski definition) is 4. The summed E-state index contributed by atoms with van der Waals surface area (Å²) in [5.41, 5.74) is 1.33. The summed E-state index contributed by atoms with van der Waals surface area (Å²) in [5.74, 6) is 0.897. The Labute approximate surface area is 105 Å². The highest BCUT2D eigenvalue weighted by Crippen LogP contribution is 2.49. The van der Waals surface area contributed by atoms with Crippen molar-refractivity contribution in [3.05, 3.63) is 24.5 Å². The average molecular weight is 245 g/mol. The maximum Gasteiger partial charge on any atom is 0.123 e. The van der Waals surface area contributed by atoms with Gasteiger partial charge in [-0.1, -0.05) is 5.21 Å². The van der Waals surface area contributed by atoms with E-state index < -0.39 is 0 Å². The first-order valence-corrected chi connectivity index (χ1v) is 6.38. The van der Waals surface area contributed by atoms with E-state index in [1.807, 2.05) is 18.3 Å². The van der Waals surface area contributed by atoms with Crippen LogP contribution in [0.1, 0.15) is 19.3 Å². The molecule has 0 spiro atoms. The van der Waals surface area contributed by atoms with Gasteiger partial charge in [0.1, 0.15) is 5.75 Å². The monoisotopic (exact) mass is 245 g/mol. The lowest BCUT2D eigenvalue weighted by atomic mass is 9.63. The Morgan fingerprint density at radius 2 is 2.44 bits per heavy atom. The van der Waals surface area contributed by atoms with Crippen LogP contribution in [0.5, 0.6) is 5.75 Å². The minimum absolute atomic E-state index is 0.369. The van der Waals surface area contributed by atoms with Crippen LogP contribution in [0.25, 0.3) is 5.52 Å². The molecule has 3 fully saturated rings. The zero-order valence-corrected chi connectivity index (χ0v) is 10.1. The molecule has 1 saturated carbocycles. The van der Waals surface area contributed by atoms with Crippen LogP contribution in [0, 0.1) is 5.41 Å². The predicted octanol–water partition coefficient (Wildman–Crippen LogP) is 1.68. The lowest BCUT2D eigenvalue weighted by Crippen LogP contribution is -2.51. The van der Waals surface area contributed by atoms with E-state index in [9.17, 15) is 0 Å². The number of pyridine rings is 1. The number of aromatic nitrogens is 3. The van der Waals surface area contributed by atoms with Gasteiger partial charge in [-0.2, -0.15) is 0 Å². The molecule has 4 heterocycles. The number of ether oxygens (including phenoxy) is 2. The summed E-state index contributed by atoms with van der Waals surface area (Å²) < 4.78 is 13.3. The molecule has 5 rings (SSSR count). The first-order chi connectivity index (χ1) is 8.83. The number of rotatable bonds is 3. The third kappa shape index (κ3) is 1.58. The van der Waals surface area contributed by atoms with Crippen molar-refractivity contribution in [3.8, 4) is 5.75 Å². The maximum atomic E-state index is 5.94. The van der Waals surface area contributed by atoms with Crippen molar-refractivity contribution >= 4 is 5.52 Å². The van der Waals surface area contributed by atoms with Crippen LogP contribution < -0.4 is 4.74 Å². The molecule has 0 unspecified atom stereocenters. The summed E-state index contributed by atoms with van der Waals surface area (Å²) in [6.07, 6.45) is 7.54. The smallest absolute Gasteiger partial charge is 0.123 e. The van der Waals surface area contributed by atoms with Crippen LogP contribution in [-0.4, -0.2) is 34.1 Å². The van der Waals surface area contributed by atoms with Gasteiger partial charge in [0.25, 0.3) is 0 Å². The van der Waals surface area contributed by atoms with Crippen molar-refractivity contribution in [1.29, 1.82) is 0 Å². The molecule has 2 aromatic heterocycles. The summed E-state index contributed by atoms with van der Waals surface area (Å²) in [7, 11) is 0. The lowest BCUT2D eigenvalue weighted by Gasteiger charge is -2.51. The molecule has 2 aromatic rings. The Bertz CT molecular complexity index is 569. The van der Waals surface area contributed by atoms with Gasteiger partial charge < -0.3 is 9.47 Å². The highest BCUT2D eigenvalue weighted by molar-refractivity contribution is 5.47. The van der Waals surface area contributed by atoms with E-state index in [0.29, 0.717) is 11.5 Å². The summed E-state index contributed by atoms with van der Waals surface area (Å²) in [6, 6.07) is 3.92. The first-order valence-electron chi connectivity index (χ1n) is 6.38. The normalized spacial score (nSPS) is 30.1. The van der Waals surface area contributed by atoms with Crippen LogP contribution >= 0.6 is 0 Å².